The van der Waals surface area contributed by atoms with E-state index in [2.05, 4.69) is 13.8 Å². The molecule has 1 N–H and O–H groups in total. The van der Waals surface area contributed by atoms with E-state index < -0.39 is 6.10 Å². The first-order valence-corrected chi connectivity index (χ1v) is 23.1. The van der Waals surface area contributed by atoms with Crippen molar-refractivity contribution >= 4 is 5.97 Å². The van der Waals surface area contributed by atoms with Crippen molar-refractivity contribution in [2.45, 2.75) is 270 Å². The van der Waals surface area contributed by atoms with Gasteiger partial charge in [0.05, 0.1) is 13.2 Å². The lowest BCUT2D eigenvalue weighted by Crippen LogP contribution is -2.27. The Kier molecular flexibility index (Phi) is 44.0. The van der Waals surface area contributed by atoms with Gasteiger partial charge in [0, 0.05) is 13.0 Å². The van der Waals surface area contributed by atoms with Gasteiger partial charge in [0.1, 0.15) is 6.10 Å². The Hall–Kier alpha value is -0.610. The second kappa shape index (κ2) is 44.6. The zero-order chi connectivity index (χ0) is 36.3. The summed E-state index contributed by atoms with van der Waals surface area (Å²) in [4.78, 5) is 12.2. The number of hydrogen-bond acceptors (Lipinski definition) is 4. The number of carbonyl (C=O) groups excluding carboxylic acids is 1. The molecule has 0 radical (unpaired) electrons. The molecule has 0 spiro atoms. The van der Waals surface area contributed by atoms with Crippen LogP contribution in [0.4, 0.5) is 0 Å². The largest absolute Gasteiger partial charge is 0.457 e. The molecule has 0 aliphatic carbocycles. The summed E-state index contributed by atoms with van der Waals surface area (Å²) in [6, 6.07) is 0. The molecule has 0 saturated carbocycles. The second-order valence-electron chi connectivity index (χ2n) is 15.8. The maximum Gasteiger partial charge on any atom is 0.306 e. The summed E-state index contributed by atoms with van der Waals surface area (Å²) in [6.07, 6.45) is 51.7. The van der Waals surface area contributed by atoms with Gasteiger partial charge in [-0.2, -0.15) is 0 Å². The molecule has 0 aromatic rings. The zero-order valence-corrected chi connectivity index (χ0v) is 34.4. The molecule has 1 unspecified atom stereocenters. The van der Waals surface area contributed by atoms with Crippen LogP contribution in [-0.2, 0) is 14.3 Å². The van der Waals surface area contributed by atoms with Crippen molar-refractivity contribution in [3.8, 4) is 0 Å². The van der Waals surface area contributed by atoms with E-state index in [0.29, 0.717) is 19.6 Å². The Morgan fingerprint density at radius 1 is 0.400 bits per heavy atom. The summed E-state index contributed by atoms with van der Waals surface area (Å²) < 4.78 is 11.2. The van der Waals surface area contributed by atoms with E-state index in [1.165, 1.54) is 225 Å². The highest BCUT2D eigenvalue weighted by molar-refractivity contribution is 5.69. The third-order valence-corrected chi connectivity index (χ3v) is 10.7. The quantitative estimate of drug-likeness (QED) is 0.0506. The molecule has 300 valence electrons. The van der Waals surface area contributed by atoms with Crippen LogP contribution >= 0.6 is 0 Å². The highest BCUT2D eigenvalue weighted by Crippen LogP contribution is 2.17. The van der Waals surface area contributed by atoms with Gasteiger partial charge in [0.25, 0.3) is 0 Å². The highest BCUT2D eigenvalue weighted by Gasteiger charge is 2.13. The Bertz CT molecular complexity index is 623. The summed E-state index contributed by atoms with van der Waals surface area (Å²) in [5.74, 6) is -0.191. The predicted octanol–water partition coefficient (Wildman–Crippen LogP) is 15.2. The molecule has 0 fully saturated rings. The number of aliphatic hydroxyl groups is 1. The summed E-state index contributed by atoms with van der Waals surface area (Å²) in [7, 11) is 0. The number of unbranched alkanes of at least 4 members (excludes halogenated alkanes) is 36. The predicted molar refractivity (Wildman–Crippen MR) is 219 cm³/mol. The van der Waals surface area contributed by atoms with E-state index in [1.54, 1.807) is 0 Å². The highest BCUT2D eigenvalue weighted by atomic mass is 16.6. The van der Waals surface area contributed by atoms with Gasteiger partial charge in [-0.1, -0.05) is 245 Å². The number of hydrogen-bond donors (Lipinski definition) is 1. The molecule has 0 aliphatic heterocycles. The average Bonchev–Trinajstić information content (AvgIpc) is 3.12. The number of aliphatic hydroxyl groups excluding tert-OH is 1. The molecular weight excluding hydrogens is 617 g/mol. The van der Waals surface area contributed by atoms with Crippen molar-refractivity contribution in [3.63, 3.8) is 0 Å². The normalized spacial score (nSPS) is 12.1. The number of carbonyl (C=O) groups is 1. The third kappa shape index (κ3) is 41.8. The van der Waals surface area contributed by atoms with Crippen LogP contribution < -0.4 is 0 Å². The van der Waals surface area contributed by atoms with Gasteiger partial charge in [0.2, 0.25) is 0 Å². The molecule has 50 heavy (non-hydrogen) atoms. The van der Waals surface area contributed by atoms with Crippen LogP contribution in [0.3, 0.4) is 0 Å². The first kappa shape index (κ1) is 49.4. The first-order valence-electron chi connectivity index (χ1n) is 23.1. The summed E-state index contributed by atoms with van der Waals surface area (Å²) in [5.41, 5.74) is 0. The summed E-state index contributed by atoms with van der Waals surface area (Å²) in [5, 5.41) is 9.62. The maximum atomic E-state index is 12.2. The van der Waals surface area contributed by atoms with Gasteiger partial charge >= 0.3 is 5.97 Å². The molecule has 0 rings (SSSR count). The fourth-order valence-electron chi connectivity index (χ4n) is 7.21. The third-order valence-electron chi connectivity index (χ3n) is 10.7. The minimum Gasteiger partial charge on any atom is -0.457 e. The smallest absolute Gasteiger partial charge is 0.306 e. The zero-order valence-electron chi connectivity index (χ0n) is 34.4. The Morgan fingerprint density at radius 3 is 0.940 bits per heavy atom. The van der Waals surface area contributed by atoms with Gasteiger partial charge in [-0.15, -0.1) is 0 Å². The molecule has 0 bridgehead atoms. The second-order valence-corrected chi connectivity index (χ2v) is 15.8. The lowest BCUT2D eigenvalue weighted by Gasteiger charge is -2.16. The molecule has 4 nitrogen and oxygen atoms in total. The molecule has 0 aromatic carbocycles. The van der Waals surface area contributed by atoms with E-state index in [1.807, 2.05) is 0 Å². The van der Waals surface area contributed by atoms with Crippen LogP contribution in [-0.4, -0.2) is 37.0 Å². The van der Waals surface area contributed by atoms with Gasteiger partial charge in [0.15, 0.2) is 0 Å². The van der Waals surface area contributed by atoms with Crippen molar-refractivity contribution in [3.05, 3.63) is 0 Å². The van der Waals surface area contributed by atoms with E-state index in [4.69, 9.17) is 9.47 Å². The van der Waals surface area contributed by atoms with Crippen LogP contribution in [0.15, 0.2) is 0 Å². The molecule has 0 saturated heterocycles. The van der Waals surface area contributed by atoms with Gasteiger partial charge in [-0.3, -0.25) is 4.79 Å². The van der Waals surface area contributed by atoms with Crippen molar-refractivity contribution in [2.24, 2.45) is 0 Å². The monoisotopic (exact) mass is 709 g/mol. The van der Waals surface area contributed by atoms with Crippen molar-refractivity contribution in [2.75, 3.05) is 19.8 Å². The minimum atomic E-state index is -0.525. The molecule has 0 aromatic heterocycles. The van der Waals surface area contributed by atoms with Crippen LogP contribution in [0.25, 0.3) is 0 Å². The van der Waals surface area contributed by atoms with Gasteiger partial charge in [-0.05, 0) is 12.8 Å². The summed E-state index contributed by atoms with van der Waals surface area (Å²) >= 11 is 0. The van der Waals surface area contributed by atoms with E-state index in [0.717, 1.165) is 19.3 Å². The summed E-state index contributed by atoms with van der Waals surface area (Å²) in [6.45, 7) is 5.41. The standard InChI is InChI=1S/C46H92O4/c1-3-5-7-9-11-13-15-17-19-21-22-23-24-25-27-29-31-33-35-37-39-41-46(48)50-45(43-47)44-49-42-40-38-36-34-32-30-28-26-20-18-16-14-12-10-8-6-4-2/h45,47H,3-44H2,1-2H3. The molecular formula is C46H92O4. The fraction of sp³-hybridized carbons (Fsp3) is 0.978. The first-order chi connectivity index (χ1) is 24.7. The Balaban J connectivity index is 3.34. The SMILES string of the molecule is CCCCCCCCCCCCCCCCCCCCCCCC(=O)OC(CO)COCCCCCCCCCCCCCCCCCCC. The molecule has 1 atom stereocenters. The van der Waals surface area contributed by atoms with Crippen molar-refractivity contribution < 1.29 is 19.4 Å². The van der Waals surface area contributed by atoms with E-state index in [9.17, 15) is 9.90 Å². The Morgan fingerprint density at radius 2 is 0.660 bits per heavy atom. The topological polar surface area (TPSA) is 55.8 Å². The van der Waals surface area contributed by atoms with Crippen LogP contribution in [0.5, 0.6) is 0 Å². The maximum absolute atomic E-state index is 12.2. The van der Waals surface area contributed by atoms with Gasteiger partial charge in [-0.25, -0.2) is 0 Å². The van der Waals surface area contributed by atoms with Crippen LogP contribution in [0.1, 0.15) is 264 Å². The van der Waals surface area contributed by atoms with Crippen molar-refractivity contribution in [1.29, 1.82) is 0 Å². The van der Waals surface area contributed by atoms with Crippen LogP contribution in [0, 0.1) is 0 Å². The van der Waals surface area contributed by atoms with E-state index >= 15 is 0 Å². The number of rotatable bonds is 44. The molecule has 0 aliphatic rings. The number of esters is 1. The van der Waals surface area contributed by atoms with E-state index in [-0.39, 0.29) is 12.6 Å². The van der Waals surface area contributed by atoms with Crippen LogP contribution in [0.2, 0.25) is 0 Å². The minimum absolute atomic E-state index is 0.163. The Labute approximate surface area is 314 Å². The van der Waals surface area contributed by atoms with Crippen molar-refractivity contribution in [1.82, 2.24) is 0 Å². The number of ether oxygens (including phenoxy) is 2. The lowest BCUT2D eigenvalue weighted by molar-refractivity contribution is -0.154. The molecule has 4 heteroatoms. The fourth-order valence-corrected chi connectivity index (χ4v) is 7.21. The molecule has 0 amide bonds. The lowest BCUT2D eigenvalue weighted by atomic mass is 10.0. The average molecular weight is 709 g/mol. The van der Waals surface area contributed by atoms with Gasteiger partial charge < -0.3 is 14.6 Å². The molecule has 0 heterocycles.